The smallest absolute Gasteiger partial charge is 0.337 e. The number of carbonyl (C=O) groups is 1. The van der Waals surface area contributed by atoms with Gasteiger partial charge >= 0.3 is 5.97 Å². The van der Waals surface area contributed by atoms with Gasteiger partial charge in [0.2, 0.25) is 11.0 Å². The maximum absolute atomic E-state index is 11.7. The molecule has 0 radical (unpaired) electrons. The molecule has 0 amide bonds. The predicted molar refractivity (Wildman–Crippen MR) is 102 cm³/mol. The van der Waals surface area contributed by atoms with Crippen LogP contribution in [0, 0.1) is 0 Å². The number of carbonyl (C=O) groups excluding carboxylic acids is 1. The highest BCUT2D eigenvalue weighted by Crippen LogP contribution is 2.39. The van der Waals surface area contributed by atoms with E-state index >= 15 is 0 Å². The molecule has 1 aliphatic rings. The monoisotopic (exact) mass is 380 g/mol. The second kappa shape index (κ2) is 7.24. The van der Waals surface area contributed by atoms with E-state index in [4.69, 9.17) is 9.47 Å². The van der Waals surface area contributed by atoms with Crippen molar-refractivity contribution in [3.05, 3.63) is 59.7 Å². The maximum atomic E-state index is 11.7. The first-order chi connectivity index (χ1) is 13.2. The van der Waals surface area contributed by atoms with Gasteiger partial charge in [0.15, 0.2) is 11.9 Å². The molecule has 0 aliphatic carbocycles. The molecule has 1 N–H and O–H groups in total. The Morgan fingerprint density at radius 3 is 2.67 bits per heavy atom. The van der Waals surface area contributed by atoms with Crippen LogP contribution in [0.15, 0.2) is 53.7 Å². The number of nitrogens with zero attached hydrogens (tertiary/aromatic N) is 3. The summed E-state index contributed by atoms with van der Waals surface area (Å²) in [6.07, 6.45) is 1.39. The zero-order valence-corrected chi connectivity index (χ0v) is 15.5. The van der Waals surface area contributed by atoms with Crippen molar-refractivity contribution in [2.75, 3.05) is 18.7 Å². The highest BCUT2D eigenvalue weighted by molar-refractivity contribution is 7.98. The lowest BCUT2D eigenvalue weighted by molar-refractivity contribution is 0.0600. The van der Waals surface area contributed by atoms with Crippen molar-refractivity contribution < 1.29 is 14.3 Å². The van der Waals surface area contributed by atoms with E-state index < -0.39 is 6.23 Å². The van der Waals surface area contributed by atoms with Crippen LogP contribution in [0.1, 0.15) is 22.1 Å². The Kier molecular flexibility index (Phi) is 4.64. The fourth-order valence-corrected chi connectivity index (χ4v) is 3.09. The molecule has 0 spiro atoms. The van der Waals surface area contributed by atoms with Gasteiger partial charge in [0.1, 0.15) is 0 Å². The molecule has 1 atom stereocenters. The third-order valence-electron chi connectivity index (χ3n) is 4.15. The number of hydrogen-bond acceptors (Lipinski definition) is 8. The molecule has 0 saturated carbocycles. The Hall–Kier alpha value is -3.13. The molecule has 0 fully saturated rings. The van der Waals surface area contributed by atoms with Crippen molar-refractivity contribution >= 4 is 23.4 Å². The van der Waals surface area contributed by atoms with E-state index in [-0.39, 0.29) is 5.97 Å². The number of fused-ring (bicyclic) bond motifs is 3. The first kappa shape index (κ1) is 17.3. The van der Waals surface area contributed by atoms with E-state index in [9.17, 15) is 4.79 Å². The molecule has 1 aliphatic heterocycles. The lowest BCUT2D eigenvalue weighted by Gasteiger charge is -2.19. The van der Waals surface area contributed by atoms with E-state index in [0.717, 1.165) is 16.8 Å². The Morgan fingerprint density at radius 1 is 1.15 bits per heavy atom. The second-order valence-electron chi connectivity index (χ2n) is 5.75. The maximum Gasteiger partial charge on any atom is 0.337 e. The average molecular weight is 380 g/mol. The molecular formula is C19H16N4O3S. The third kappa shape index (κ3) is 3.31. The van der Waals surface area contributed by atoms with Gasteiger partial charge < -0.3 is 14.8 Å². The number of nitrogens with one attached hydrogen (secondary N) is 1. The number of methoxy groups -OCH3 is 1. The number of para-hydroxylation sites is 1. The predicted octanol–water partition coefficient (Wildman–Crippen LogP) is 3.55. The molecule has 4 rings (SSSR count). The minimum absolute atomic E-state index is 0.381. The fraction of sp³-hybridized carbons (Fsp3) is 0.158. The molecule has 2 aromatic carbocycles. The Morgan fingerprint density at radius 2 is 1.93 bits per heavy atom. The summed E-state index contributed by atoms with van der Waals surface area (Å²) in [5.74, 6) is 0.0300. The SMILES string of the molecule is COC(=O)c1ccc([C@@H]2Nc3ccccc3-c3nnc(SC)nc3O2)cc1. The van der Waals surface area contributed by atoms with Crippen LogP contribution in [0.3, 0.4) is 0 Å². The summed E-state index contributed by atoms with van der Waals surface area (Å²) in [6.45, 7) is 0. The van der Waals surface area contributed by atoms with Crippen LogP contribution in [0.4, 0.5) is 5.69 Å². The molecule has 2 heterocycles. The zero-order chi connectivity index (χ0) is 18.8. The second-order valence-corrected chi connectivity index (χ2v) is 6.53. The fourth-order valence-electron chi connectivity index (χ4n) is 2.80. The van der Waals surface area contributed by atoms with Crippen molar-refractivity contribution in [3.63, 3.8) is 0 Å². The molecule has 1 aromatic heterocycles. The first-order valence-corrected chi connectivity index (χ1v) is 9.41. The lowest BCUT2D eigenvalue weighted by atomic mass is 10.1. The summed E-state index contributed by atoms with van der Waals surface area (Å²) in [6, 6.07) is 14.8. The number of thioether (sulfide) groups is 1. The first-order valence-electron chi connectivity index (χ1n) is 8.19. The van der Waals surface area contributed by atoms with Crippen LogP contribution in [-0.4, -0.2) is 34.5 Å². The summed E-state index contributed by atoms with van der Waals surface area (Å²) in [7, 11) is 1.36. The molecule has 0 bridgehead atoms. The standard InChI is InChI=1S/C19H16N4O3S/c1-25-18(24)12-9-7-11(8-10-12)16-20-14-6-4-3-5-13(14)15-17(26-16)21-19(27-2)23-22-15/h3-10,16,20H,1-2H3/t16-/m1/s1. The summed E-state index contributed by atoms with van der Waals surface area (Å²) in [5.41, 5.74) is 3.64. The third-order valence-corrected chi connectivity index (χ3v) is 4.69. The molecule has 3 aromatic rings. The largest absolute Gasteiger partial charge is 0.465 e. The number of rotatable bonds is 3. The van der Waals surface area contributed by atoms with Crippen LogP contribution in [0.25, 0.3) is 11.3 Å². The van der Waals surface area contributed by atoms with E-state index in [1.165, 1.54) is 18.9 Å². The molecule has 8 heteroatoms. The van der Waals surface area contributed by atoms with Gasteiger partial charge in [-0.3, -0.25) is 0 Å². The topological polar surface area (TPSA) is 86.2 Å². The number of benzene rings is 2. The van der Waals surface area contributed by atoms with Crippen molar-refractivity contribution in [3.8, 4) is 17.1 Å². The summed E-state index contributed by atoms with van der Waals surface area (Å²) < 4.78 is 10.9. The number of ether oxygens (including phenoxy) is 2. The lowest BCUT2D eigenvalue weighted by Crippen LogP contribution is -2.17. The molecule has 0 saturated heterocycles. The number of esters is 1. The van der Waals surface area contributed by atoms with Crippen LogP contribution < -0.4 is 10.1 Å². The molecular weight excluding hydrogens is 364 g/mol. The summed E-state index contributed by atoms with van der Waals surface area (Å²) in [4.78, 5) is 16.1. The van der Waals surface area contributed by atoms with E-state index in [2.05, 4.69) is 20.5 Å². The van der Waals surface area contributed by atoms with Crippen LogP contribution in [-0.2, 0) is 4.74 Å². The van der Waals surface area contributed by atoms with Crippen molar-refractivity contribution in [1.29, 1.82) is 0 Å². The van der Waals surface area contributed by atoms with E-state index in [0.29, 0.717) is 22.3 Å². The molecule has 0 unspecified atom stereocenters. The normalized spacial score (nSPS) is 14.8. The van der Waals surface area contributed by atoms with Gasteiger partial charge in [0.05, 0.1) is 12.7 Å². The van der Waals surface area contributed by atoms with Gasteiger partial charge in [-0.1, -0.05) is 42.1 Å². The van der Waals surface area contributed by atoms with Crippen molar-refractivity contribution in [2.24, 2.45) is 0 Å². The summed E-state index contributed by atoms with van der Waals surface area (Å²) in [5, 5.41) is 12.3. The van der Waals surface area contributed by atoms with E-state index in [1.807, 2.05) is 42.7 Å². The minimum atomic E-state index is -0.495. The molecule has 136 valence electrons. The van der Waals surface area contributed by atoms with Gasteiger partial charge in [-0.15, -0.1) is 10.2 Å². The van der Waals surface area contributed by atoms with Gasteiger partial charge in [0, 0.05) is 16.8 Å². The Bertz CT molecular complexity index is 994. The van der Waals surface area contributed by atoms with Gasteiger partial charge in [0.25, 0.3) is 0 Å². The van der Waals surface area contributed by atoms with Crippen LogP contribution in [0.5, 0.6) is 5.88 Å². The molecule has 7 nitrogen and oxygen atoms in total. The number of anilines is 1. The molecule has 27 heavy (non-hydrogen) atoms. The zero-order valence-electron chi connectivity index (χ0n) is 14.7. The van der Waals surface area contributed by atoms with Crippen LogP contribution in [0.2, 0.25) is 0 Å². The quantitative estimate of drug-likeness (QED) is 0.545. The summed E-state index contributed by atoms with van der Waals surface area (Å²) >= 11 is 1.40. The number of hydrogen-bond donors (Lipinski definition) is 1. The highest BCUT2D eigenvalue weighted by atomic mass is 32.2. The highest BCUT2D eigenvalue weighted by Gasteiger charge is 2.26. The van der Waals surface area contributed by atoms with Gasteiger partial charge in [-0.25, -0.2) is 4.79 Å². The minimum Gasteiger partial charge on any atom is -0.465 e. The Balaban J connectivity index is 1.76. The van der Waals surface area contributed by atoms with Crippen molar-refractivity contribution in [1.82, 2.24) is 15.2 Å². The van der Waals surface area contributed by atoms with E-state index in [1.54, 1.807) is 12.1 Å². The Labute approximate surface area is 160 Å². The average Bonchev–Trinajstić information content (AvgIpc) is 2.89. The van der Waals surface area contributed by atoms with Crippen LogP contribution >= 0.6 is 11.8 Å². The van der Waals surface area contributed by atoms with Crippen molar-refractivity contribution in [2.45, 2.75) is 11.4 Å². The van der Waals surface area contributed by atoms with Gasteiger partial charge in [-0.05, 0) is 24.5 Å². The van der Waals surface area contributed by atoms with Gasteiger partial charge in [-0.2, -0.15) is 4.98 Å². The number of aromatic nitrogens is 3.